The number of para-hydroxylation sites is 1. The van der Waals surface area contributed by atoms with Crippen molar-refractivity contribution < 1.29 is 9.53 Å². The Morgan fingerprint density at radius 2 is 1.94 bits per heavy atom. The van der Waals surface area contributed by atoms with E-state index in [1.807, 2.05) is 31.2 Å². The van der Waals surface area contributed by atoms with Gasteiger partial charge in [0, 0.05) is 10.7 Å². The van der Waals surface area contributed by atoms with Gasteiger partial charge in [0.15, 0.2) is 18.1 Å². The lowest BCUT2D eigenvalue weighted by atomic mass is 10.2. The van der Waals surface area contributed by atoms with Crippen molar-refractivity contribution >= 4 is 35.2 Å². The van der Waals surface area contributed by atoms with Crippen LogP contribution in [-0.2, 0) is 11.3 Å². The zero-order valence-corrected chi connectivity index (χ0v) is 18.0. The van der Waals surface area contributed by atoms with Gasteiger partial charge >= 0.3 is 5.97 Å². The van der Waals surface area contributed by atoms with Crippen molar-refractivity contribution in [3.05, 3.63) is 76.3 Å². The first-order chi connectivity index (χ1) is 15.4. The van der Waals surface area contributed by atoms with Crippen molar-refractivity contribution in [1.29, 1.82) is 0 Å². The second-order valence-corrected chi connectivity index (χ2v) is 7.30. The molecule has 0 aliphatic rings. The number of rotatable bonds is 6. The fourth-order valence-corrected chi connectivity index (χ4v) is 3.15. The molecule has 0 unspecified atom stereocenters. The van der Waals surface area contributed by atoms with Crippen LogP contribution >= 0.6 is 11.6 Å². The molecule has 162 valence electrons. The van der Waals surface area contributed by atoms with E-state index in [1.165, 1.54) is 4.68 Å². The molecule has 0 radical (unpaired) electrons. The summed E-state index contributed by atoms with van der Waals surface area (Å²) in [6.45, 7) is 3.45. The summed E-state index contributed by atoms with van der Waals surface area (Å²) in [5, 5.41) is 11.6. The minimum Gasteiger partial charge on any atom is -0.453 e. The highest BCUT2D eigenvalue weighted by atomic mass is 35.5. The summed E-state index contributed by atoms with van der Waals surface area (Å²) < 4.78 is 6.84. The quantitative estimate of drug-likeness (QED) is 0.423. The number of nitrogens with two attached hydrogens (primary N) is 1. The molecule has 2 aromatic heterocycles. The molecule has 0 saturated carbocycles. The molecule has 0 aliphatic carbocycles. The van der Waals surface area contributed by atoms with Crippen LogP contribution in [0.15, 0.2) is 48.5 Å². The van der Waals surface area contributed by atoms with Crippen molar-refractivity contribution in [2.75, 3.05) is 11.1 Å². The lowest BCUT2D eigenvalue weighted by molar-refractivity contribution is 0.0454. The predicted molar refractivity (Wildman–Crippen MR) is 119 cm³/mol. The van der Waals surface area contributed by atoms with Crippen LogP contribution in [0.4, 0.5) is 17.6 Å². The van der Waals surface area contributed by atoms with Gasteiger partial charge in [0.2, 0.25) is 11.9 Å². The van der Waals surface area contributed by atoms with Gasteiger partial charge in [-0.3, -0.25) is 0 Å². The molecule has 0 atom stereocenters. The lowest BCUT2D eigenvalue weighted by Gasteiger charge is -2.09. The number of nitrogens with one attached hydrogen (secondary N) is 1. The predicted octanol–water partition coefficient (Wildman–Crippen LogP) is 3.41. The minimum atomic E-state index is -0.664. The summed E-state index contributed by atoms with van der Waals surface area (Å²) in [4.78, 5) is 25.0. The first-order valence-electron chi connectivity index (χ1n) is 9.59. The smallest absolute Gasteiger partial charge is 0.361 e. The second-order valence-electron chi connectivity index (χ2n) is 6.86. The van der Waals surface area contributed by atoms with Crippen LogP contribution in [0.3, 0.4) is 0 Å². The van der Waals surface area contributed by atoms with E-state index in [-0.39, 0.29) is 30.0 Å². The number of ether oxygens (including phenoxy) is 1. The topological polar surface area (TPSA) is 134 Å². The van der Waals surface area contributed by atoms with Gasteiger partial charge in [-0.2, -0.15) is 15.0 Å². The Labute approximate surface area is 188 Å². The molecule has 0 fully saturated rings. The third-order valence-electron chi connectivity index (χ3n) is 4.56. The molecule has 0 saturated heterocycles. The number of benzene rings is 2. The number of hydrogen-bond donors (Lipinski definition) is 2. The highest BCUT2D eigenvalue weighted by Gasteiger charge is 2.20. The zero-order chi connectivity index (χ0) is 22.7. The van der Waals surface area contributed by atoms with E-state index in [4.69, 9.17) is 22.1 Å². The van der Waals surface area contributed by atoms with Gasteiger partial charge in [-0.15, -0.1) is 5.10 Å². The van der Waals surface area contributed by atoms with Crippen molar-refractivity contribution in [1.82, 2.24) is 29.9 Å². The SMILES string of the molecule is Cc1ccccc1Nc1nc(N)nc(COC(=O)c2nnn(-c3cccc(Cl)c3)c2C)n1. The average Bonchev–Trinajstić information content (AvgIpc) is 3.15. The molecule has 0 aliphatic heterocycles. The van der Waals surface area contributed by atoms with Crippen LogP contribution in [-0.4, -0.2) is 35.9 Å². The van der Waals surface area contributed by atoms with Crippen LogP contribution < -0.4 is 11.1 Å². The molecular formula is C21H19ClN8O2. The maximum Gasteiger partial charge on any atom is 0.361 e. The molecule has 2 heterocycles. The summed E-state index contributed by atoms with van der Waals surface area (Å²) in [6, 6.07) is 14.7. The standard InChI is InChI=1S/C21H19ClN8O2/c1-12-6-3-4-9-16(12)24-21-26-17(25-20(23)27-21)11-32-19(31)18-13(2)30(29-28-18)15-8-5-7-14(22)10-15/h3-10H,11H2,1-2H3,(H3,23,24,25,26,27). The third-order valence-corrected chi connectivity index (χ3v) is 4.80. The molecular weight excluding hydrogens is 432 g/mol. The monoisotopic (exact) mass is 450 g/mol. The summed E-state index contributed by atoms with van der Waals surface area (Å²) >= 11 is 6.03. The average molecular weight is 451 g/mol. The van der Waals surface area contributed by atoms with Gasteiger partial charge < -0.3 is 15.8 Å². The van der Waals surface area contributed by atoms with Gasteiger partial charge in [0.25, 0.3) is 0 Å². The minimum absolute atomic E-state index is 0.00483. The van der Waals surface area contributed by atoms with Crippen molar-refractivity contribution in [3.8, 4) is 5.69 Å². The Morgan fingerprint density at radius 1 is 1.12 bits per heavy atom. The zero-order valence-electron chi connectivity index (χ0n) is 17.3. The first kappa shape index (κ1) is 21.2. The van der Waals surface area contributed by atoms with Gasteiger partial charge in [-0.25, -0.2) is 9.48 Å². The number of aromatic nitrogens is 6. The Bertz CT molecular complexity index is 1290. The van der Waals surface area contributed by atoms with Crippen LogP contribution in [0.25, 0.3) is 5.69 Å². The van der Waals surface area contributed by atoms with Crippen molar-refractivity contribution in [3.63, 3.8) is 0 Å². The third kappa shape index (κ3) is 4.65. The van der Waals surface area contributed by atoms with Crippen LogP contribution in [0.5, 0.6) is 0 Å². The van der Waals surface area contributed by atoms with Gasteiger partial charge in [-0.1, -0.05) is 41.1 Å². The van der Waals surface area contributed by atoms with E-state index in [0.29, 0.717) is 16.4 Å². The van der Waals surface area contributed by atoms with Gasteiger partial charge in [-0.05, 0) is 43.7 Å². The fourth-order valence-electron chi connectivity index (χ4n) is 2.96. The number of carbonyl (C=O) groups excluding carboxylic acids is 1. The molecule has 0 bridgehead atoms. The molecule has 11 heteroatoms. The van der Waals surface area contributed by atoms with E-state index in [9.17, 15) is 4.79 Å². The molecule has 3 N–H and O–H groups in total. The van der Waals surface area contributed by atoms with E-state index in [2.05, 4.69) is 30.6 Å². The number of hydrogen-bond acceptors (Lipinski definition) is 9. The van der Waals surface area contributed by atoms with E-state index in [1.54, 1.807) is 31.2 Å². The van der Waals surface area contributed by atoms with E-state index < -0.39 is 5.97 Å². The van der Waals surface area contributed by atoms with Crippen molar-refractivity contribution in [2.45, 2.75) is 20.5 Å². The van der Waals surface area contributed by atoms with E-state index in [0.717, 1.165) is 11.3 Å². The number of nitrogens with zero attached hydrogens (tertiary/aromatic N) is 6. The molecule has 32 heavy (non-hydrogen) atoms. The van der Waals surface area contributed by atoms with Crippen LogP contribution in [0.2, 0.25) is 5.02 Å². The molecule has 2 aromatic carbocycles. The normalized spacial score (nSPS) is 10.7. The molecule has 4 aromatic rings. The summed E-state index contributed by atoms with van der Waals surface area (Å²) in [5.74, 6) is -0.212. The Balaban J connectivity index is 1.48. The largest absolute Gasteiger partial charge is 0.453 e. The number of esters is 1. The van der Waals surface area contributed by atoms with Gasteiger partial charge in [0.1, 0.15) is 0 Å². The number of nitrogen functional groups attached to an aromatic ring is 1. The first-order valence-corrected chi connectivity index (χ1v) is 9.97. The fraction of sp³-hybridized carbons (Fsp3) is 0.143. The van der Waals surface area contributed by atoms with Gasteiger partial charge in [0.05, 0.1) is 11.4 Å². The second kappa shape index (κ2) is 8.98. The summed E-state index contributed by atoms with van der Waals surface area (Å²) in [6.07, 6.45) is 0. The Hall–Kier alpha value is -4.05. The molecule has 10 nitrogen and oxygen atoms in total. The highest BCUT2D eigenvalue weighted by molar-refractivity contribution is 6.30. The lowest BCUT2D eigenvalue weighted by Crippen LogP contribution is -2.12. The summed E-state index contributed by atoms with van der Waals surface area (Å²) in [7, 11) is 0. The van der Waals surface area contributed by atoms with Crippen LogP contribution in [0, 0.1) is 13.8 Å². The van der Waals surface area contributed by atoms with Crippen LogP contribution in [0.1, 0.15) is 27.6 Å². The maximum absolute atomic E-state index is 12.6. The molecule has 0 spiro atoms. The highest BCUT2D eigenvalue weighted by Crippen LogP contribution is 2.19. The Morgan fingerprint density at radius 3 is 2.72 bits per heavy atom. The summed E-state index contributed by atoms with van der Waals surface area (Å²) in [5.41, 5.74) is 8.90. The van der Waals surface area contributed by atoms with Crippen molar-refractivity contribution in [2.24, 2.45) is 0 Å². The number of halogens is 1. The Kier molecular flexibility index (Phi) is 5.95. The number of anilines is 3. The molecule has 0 amide bonds. The number of carbonyl (C=O) groups is 1. The molecule has 4 rings (SSSR count). The van der Waals surface area contributed by atoms with E-state index >= 15 is 0 Å². The number of aryl methyl sites for hydroxylation is 1. The maximum atomic E-state index is 12.6.